The van der Waals surface area contributed by atoms with Crippen LogP contribution in [-0.4, -0.2) is 51.6 Å². The molecule has 1 fully saturated rings. The van der Waals surface area contributed by atoms with Crippen LogP contribution in [0.15, 0.2) is 47.4 Å². The molecule has 4 rings (SSSR count). The van der Waals surface area contributed by atoms with Crippen LogP contribution < -0.4 is 9.80 Å². The SMILES string of the molecule is C[NH+]1CCN(c2nc3ccccc3nc2[N-]S(=O)(=O)c2cc(Cl)ccc2Cl)CC1. The van der Waals surface area contributed by atoms with Gasteiger partial charge in [0.2, 0.25) is 10.0 Å². The van der Waals surface area contributed by atoms with Gasteiger partial charge >= 0.3 is 0 Å². The van der Waals surface area contributed by atoms with Gasteiger partial charge in [-0.05, 0) is 35.6 Å². The third kappa shape index (κ3) is 4.25. The first-order chi connectivity index (χ1) is 13.8. The third-order valence-electron chi connectivity index (χ3n) is 4.83. The van der Waals surface area contributed by atoms with Crippen molar-refractivity contribution in [2.24, 2.45) is 0 Å². The molecular weight excluding hydrogens is 433 g/mol. The molecule has 1 N–H and O–H groups in total. The molecule has 1 saturated heterocycles. The lowest BCUT2D eigenvalue weighted by molar-refractivity contribution is -0.880. The normalized spacial score (nSPS) is 15.6. The van der Waals surface area contributed by atoms with Crippen molar-refractivity contribution in [2.45, 2.75) is 4.90 Å². The number of benzene rings is 2. The van der Waals surface area contributed by atoms with Crippen molar-refractivity contribution in [2.75, 3.05) is 38.1 Å². The first-order valence-corrected chi connectivity index (χ1v) is 11.3. The Bertz CT molecular complexity index is 1160. The van der Waals surface area contributed by atoms with Gasteiger partial charge in [0.15, 0.2) is 0 Å². The van der Waals surface area contributed by atoms with Crippen LogP contribution in [-0.2, 0) is 10.0 Å². The van der Waals surface area contributed by atoms with Crippen molar-refractivity contribution < 1.29 is 13.3 Å². The number of halogens is 2. The second-order valence-electron chi connectivity index (χ2n) is 6.94. The van der Waals surface area contributed by atoms with E-state index in [2.05, 4.69) is 21.7 Å². The topological polar surface area (TPSA) is 81.7 Å². The predicted molar refractivity (Wildman–Crippen MR) is 115 cm³/mol. The molecule has 0 unspecified atom stereocenters. The van der Waals surface area contributed by atoms with Gasteiger partial charge in [0.05, 0.1) is 48.7 Å². The maximum absolute atomic E-state index is 13.0. The molecule has 0 aliphatic carbocycles. The second kappa shape index (κ2) is 7.95. The predicted octanol–water partition coefficient (Wildman–Crippen LogP) is 2.67. The minimum atomic E-state index is -4.13. The first-order valence-electron chi connectivity index (χ1n) is 9.09. The number of likely N-dealkylation sites (N-methyl/N-ethyl adjacent to an activating group) is 1. The quantitative estimate of drug-likeness (QED) is 0.659. The summed E-state index contributed by atoms with van der Waals surface area (Å²) in [6, 6.07) is 11.6. The fraction of sp³-hybridized carbons (Fsp3) is 0.263. The largest absolute Gasteiger partial charge is 0.431 e. The fourth-order valence-corrected chi connectivity index (χ4v) is 4.88. The number of para-hydroxylation sites is 2. The highest BCUT2D eigenvalue weighted by atomic mass is 35.5. The van der Waals surface area contributed by atoms with Crippen LogP contribution in [0.3, 0.4) is 0 Å². The molecule has 2 aromatic carbocycles. The van der Waals surface area contributed by atoms with Crippen molar-refractivity contribution in [1.82, 2.24) is 9.97 Å². The number of hydrogen-bond acceptors (Lipinski definition) is 5. The molecular formula is C19H19Cl2N5O2S. The van der Waals surface area contributed by atoms with Gasteiger partial charge in [-0.15, -0.1) is 0 Å². The van der Waals surface area contributed by atoms with E-state index in [0.717, 1.165) is 26.2 Å². The zero-order valence-corrected chi connectivity index (χ0v) is 18.0. The number of fused-ring (bicyclic) bond motifs is 1. The standard InChI is InChI=1S/C19H18Cl2N5O2S/c1-25-8-10-26(11-9-25)19-18(22-15-4-2-3-5-16(15)23-19)24-29(27,28)17-12-13(20)6-7-14(17)21/h2-7,12H,8-11H2,1H3/q-1/p+1. The Morgan fingerprint density at radius 1 is 1.03 bits per heavy atom. The number of piperazine rings is 1. The number of anilines is 1. The Hall–Kier alpha value is -2.13. The molecule has 1 aliphatic heterocycles. The zero-order chi connectivity index (χ0) is 20.6. The van der Waals surface area contributed by atoms with E-state index in [1.54, 1.807) is 6.07 Å². The van der Waals surface area contributed by atoms with Gasteiger partial charge < -0.3 is 19.5 Å². The Labute approximate surface area is 179 Å². The Kier molecular flexibility index (Phi) is 5.52. The number of quaternary nitrogens is 1. The molecule has 1 aliphatic rings. The molecule has 0 bridgehead atoms. The maximum atomic E-state index is 13.0. The number of sulfonamides is 1. The number of hydrogen-bond donors (Lipinski definition) is 1. The lowest BCUT2D eigenvalue weighted by Gasteiger charge is -2.34. The van der Waals surface area contributed by atoms with Crippen LogP contribution in [0.1, 0.15) is 0 Å². The molecule has 0 spiro atoms. The fourth-order valence-electron chi connectivity index (χ4n) is 3.19. The van der Waals surface area contributed by atoms with E-state index in [-0.39, 0.29) is 20.8 Å². The third-order valence-corrected chi connectivity index (χ3v) is 6.81. The molecule has 0 saturated carbocycles. The number of nitrogens with zero attached hydrogens (tertiary/aromatic N) is 4. The van der Waals surface area contributed by atoms with Gasteiger partial charge in [0, 0.05) is 5.02 Å². The van der Waals surface area contributed by atoms with Gasteiger partial charge in [-0.2, -0.15) is 0 Å². The molecule has 2 heterocycles. The van der Waals surface area contributed by atoms with E-state index in [1.165, 1.54) is 23.1 Å². The molecule has 152 valence electrons. The van der Waals surface area contributed by atoms with Gasteiger partial charge in [-0.1, -0.05) is 41.4 Å². The summed E-state index contributed by atoms with van der Waals surface area (Å²) in [7, 11) is -2.01. The molecule has 3 aromatic rings. The van der Waals surface area contributed by atoms with Crippen LogP contribution in [0.5, 0.6) is 0 Å². The maximum Gasteiger partial charge on any atom is 0.204 e. The van der Waals surface area contributed by atoms with Gasteiger partial charge in [0.1, 0.15) is 5.82 Å². The summed E-state index contributed by atoms with van der Waals surface area (Å²) in [5.74, 6) is 0.511. The highest BCUT2D eigenvalue weighted by molar-refractivity contribution is 7.94. The lowest BCUT2D eigenvalue weighted by Crippen LogP contribution is -3.12. The van der Waals surface area contributed by atoms with Crippen LogP contribution in [0.25, 0.3) is 15.8 Å². The summed E-state index contributed by atoms with van der Waals surface area (Å²) in [5.41, 5.74) is 1.26. The van der Waals surface area contributed by atoms with E-state index < -0.39 is 10.0 Å². The van der Waals surface area contributed by atoms with Gasteiger partial charge in [-0.25, -0.2) is 13.4 Å². The van der Waals surface area contributed by atoms with Crippen molar-refractivity contribution in [3.8, 4) is 0 Å². The number of rotatable bonds is 4. The van der Waals surface area contributed by atoms with Crippen molar-refractivity contribution in [1.29, 1.82) is 0 Å². The summed E-state index contributed by atoms with van der Waals surface area (Å²) in [5, 5.41) is 0.312. The summed E-state index contributed by atoms with van der Waals surface area (Å²) < 4.78 is 30.0. The van der Waals surface area contributed by atoms with E-state index in [0.29, 0.717) is 16.9 Å². The Morgan fingerprint density at radius 3 is 2.38 bits per heavy atom. The van der Waals surface area contributed by atoms with E-state index in [9.17, 15) is 8.42 Å². The Morgan fingerprint density at radius 2 is 1.69 bits per heavy atom. The Balaban J connectivity index is 1.79. The van der Waals surface area contributed by atoms with Gasteiger partial charge in [0.25, 0.3) is 0 Å². The first kappa shape index (κ1) is 20.2. The van der Waals surface area contributed by atoms with Crippen LogP contribution in [0.2, 0.25) is 10.0 Å². The van der Waals surface area contributed by atoms with Crippen molar-refractivity contribution >= 4 is 55.9 Å². The monoisotopic (exact) mass is 451 g/mol. The lowest BCUT2D eigenvalue weighted by atomic mass is 10.3. The van der Waals surface area contributed by atoms with E-state index in [4.69, 9.17) is 23.2 Å². The summed E-state index contributed by atoms with van der Waals surface area (Å²) in [6.07, 6.45) is 0. The zero-order valence-electron chi connectivity index (χ0n) is 15.6. The summed E-state index contributed by atoms with van der Waals surface area (Å²) in [6.45, 7) is 3.31. The molecule has 0 amide bonds. The van der Waals surface area contributed by atoms with Crippen LogP contribution in [0, 0.1) is 0 Å². The summed E-state index contributed by atoms with van der Waals surface area (Å²) in [4.78, 5) is 12.5. The molecule has 29 heavy (non-hydrogen) atoms. The number of aromatic nitrogens is 2. The summed E-state index contributed by atoms with van der Waals surface area (Å²) >= 11 is 12.1. The molecule has 0 radical (unpaired) electrons. The van der Waals surface area contributed by atoms with Crippen LogP contribution in [0.4, 0.5) is 11.6 Å². The highest BCUT2D eigenvalue weighted by Gasteiger charge is 2.22. The molecule has 10 heteroatoms. The molecule has 1 aromatic heterocycles. The van der Waals surface area contributed by atoms with E-state index in [1.807, 2.05) is 23.1 Å². The molecule has 0 atom stereocenters. The minimum Gasteiger partial charge on any atom is -0.431 e. The number of nitrogens with one attached hydrogen (secondary N) is 1. The molecule has 7 nitrogen and oxygen atoms in total. The van der Waals surface area contributed by atoms with Crippen LogP contribution >= 0.6 is 23.2 Å². The van der Waals surface area contributed by atoms with Gasteiger partial charge in [-0.3, -0.25) is 0 Å². The average molecular weight is 452 g/mol. The minimum absolute atomic E-state index is 0.0524. The highest BCUT2D eigenvalue weighted by Crippen LogP contribution is 2.37. The second-order valence-corrected chi connectivity index (χ2v) is 9.36. The smallest absolute Gasteiger partial charge is 0.204 e. The van der Waals surface area contributed by atoms with Crippen molar-refractivity contribution in [3.63, 3.8) is 0 Å². The van der Waals surface area contributed by atoms with E-state index >= 15 is 0 Å². The average Bonchev–Trinajstić information content (AvgIpc) is 2.69. The van der Waals surface area contributed by atoms with Crippen molar-refractivity contribution in [3.05, 3.63) is 57.2 Å².